The summed E-state index contributed by atoms with van der Waals surface area (Å²) in [5, 5.41) is 3.89. The summed E-state index contributed by atoms with van der Waals surface area (Å²) in [5.41, 5.74) is -0.581. The molecular formula is C16H24N4O4S. The Morgan fingerprint density at radius 2 is 2.08 bits per heavy atom. The highest BCUT2D eigenvalue weighted by atomic mass is 32.2. The van der Waals surface area contributed by atoms with E-state index in [0.717, 1.165) is 12.8 Å². The van der Waals surface area contributed by atoms with Crippen LogP contribution in [0.15, 0.2) is 4.52 Å². The minimum atomic E-state index is -3.29. The van der Waals surface area contributed by atoms with Crippen molar-refractivity contribution in [2.75, 3.05) is 31.9 Å². The molecule has 0 radical (unpaired) electrons. The molecule has 1 aliphatic carbocycles. The molecule has 0 unspecified atom stereocenters. The Morgan fingerprint density at radius 1 is 1.32 bits per heavy atom. The van der Waals surface area contributed by atoms with Crippen LogP contribution >= 0.6 is 0 Å². The Labute approximate surface area is 147 Å². The van der Waals surface area contributed by atoms with E-state index in [0.29, 0.717) is 50.2 Å². The molecule has 0 N–H and O–H groups in total. The molecule has 0 spiro atoms. The maximum atomic E-state index is 12.6. The fraction of sp³-hybridized carbons (Fsp3) is 0.812. The second-order valence-corrected chi connectivity index (χ2v) is 9.87. The standard InChI is InChI=1S/C16H24N4O4S/c1-3-25(22,23)20-8-13-7-19(14(21)6-12-4-5-12)9-16(13,10-20)15-17-11(2)18-24-15/h12-13H,3-10H2,1-2H3/t13-,16-/m0/s1. The number of nitrogens with zero attached hydrogens (tertiary/aromatic N) is 4. The Kier molecular flexibility index (Phi) is 3.91. The SMILES string of the molecule is CCS(=O)(=O)N1C[C@@H]2CN(C(=O)CC3CC3)C[C@]2(c2nc(C)no2)C1. The topological polar surface area (TPSA) is 96.6 Å². The number of hydrogen-bond acceptors (Lipinski definition) is 6. The van der Waals surface area contributed by atoms with Gasteiger partial charge in [-0.2, -0.15) is 4.98 Å². The number of carbonyl (C=O) groups is 1. The van der Waals surface area contributed by atoms with Gasteiger partial charge in [0.2, 0.25) is 21.8 Å². The number of fused-ring (bicyclic) bond motifs is 1. The molecule has 3 fully saturated rings. The molecule has 0 aromatic carbocycles. The van der Waals surface area contributed by atoms with Crippen LogP contribution in [0.5, 0.6) is 0 Å². The molecule has 2 aliphatic heterocycles. The first-order chi connectivity index (χ1) is 11.8. The highest BCUT2D eigenvalue weighted by molar-refractivity contribution is 7.89. The molecule has 2 atom stereocenters. The fourth-order valence-electron chi connectivity index (χ4n) is 4.10. The van der Waals surface area contributed by atoms with Gasteiger partial charge < -0.3 is 9.42 Å². The molecular weight excluding hydrogens is 344 g/mol. The molecule has 0 bridgehead atoms. The summed E-state index contributed by atoms with van der Waals surface area (Å²) >= 11 is 0. The lowest BCUT2D eigenvalue weighted by Crippen LogP contribution is -2.41. The second kappa shape index (κ2) is 5.77. The van der Waals surface area contributed by atoms with E-state index < -0.39 is 15.4 Å². The van der Waals surface area contributed by atoms with Crippen molar-refractivity contribution >= 4 is 15.9 Å². The minimum Gasteiger partial charge on any atom is -0.341 e. The largest absolute Gasteiger partial charge is 0.341 e. The van der Waals surface area contributed by atoms with Crippen LogP contribution < -0.4 is 0 Å². The third-order valence-electron chi connectivity index (χ3n) is 5.80. The van der Waals surface area contributed by atoms with Gasteiger partial charge in [0, 0.05) is 38.5 Å². The van der Waals surface area contributed by atoms with Gasteiger partial charge in [0.05, 0.1) is 11.2 Å². The van der Waals surface area contributed by atoms with Crippen molar-refractivity contribution in [2.45, 2.75) is 38.5 Å². The van der Waals surface area contributed by atoms with Crippen LogP contribution in [0.2, 0.25) is 0 Å². The first-order valence-electron chi connectivity index (χ1n) is 8.90. The number of aryl methyl sites for hydroxylation is 1. The normalized spacial score (nSPS) is 30.0. The van der Waals surface area contributed by atoms with Gasteiger partial charge in [-0.05, 0) is 32.6 Å². The fourth-order valence-corrected chi connectivity index (χ4v) is 5.30. The van der Waals surface area contributed by atoms with E-state index in [1.165, 1.54) is 4.31 Å². The molecule has 1 aromatic rings. The van der Waals surface area contributed by atoms with Crippen molar-refractivity contribution in [1.29, 1.82) is 0 Å². The Balaban J connectivity index is 1.62. The van der Waals surface area contributed by atoms with Gasteiger partial charge in [-0.3, -0.25) is 4.79 Å². The van der Waals surface area contributed by atoms with E-state index in [1.807, 2.05) is 4.90 Å². The molecule has 8 nitrogen and oxygen atoms in total. The lowest BCUT2D eigenvalue weighted by atomic mass is 9.81. The number of amides is 1. The van der Waals surface area contributed by atoms with Crippen molar-refractivity contribution in [3.63, 3.8) is 0 Å². The molecule has 3 aliphatic rings. The third kappa shape index (κ3) is 2.87. The number of likely N-dealkylation sites (tertiary alicyclic amines) is 1. The van der Waals surface area contributed by atoms with Crippen molar-refractivity contribution in [1.82, 2.24) is 19.3 Å². The average molecular weight is 368 g/mol. The predicted octanol–water partition coefficient (Wildman–Crippen LogP) is 0.540. The van der Waals surface area contributed by atoms with Gasteiger partial charge in [-0.15, -0.1) is 0 Å². The van der Waals surface area contributed by atoms with Crippen molar-refractivity contribution in [3.8, 4) is 0 Å². The summed E-state index contributed by atoms with van der Waals surface area (Å²) in [6.07, 6.45) is 2.88. The van der Waals surface area contributed by atoms with Crippen molar-refractivity contribution in [2.24, 2.45) is 11.8 Å². The summed E-state index contributed by atoms with van der Waals surface area (Å²) in [4.78, 5) is 18.8. The van der Waals surface area contributed by atoms with Gasteiger partial charge in [-0.1, -0.05) is 5.16 Å². The number of rotatable bonds is 5. The number of aromatic nitrogens is 2. The molecule has 3 heterocycles. The van der Waals surface area contributed by atoms with E-state index in [4.69, 9.17) is 4.52 Å². The Bertz CT molecular complexity index is 788. The summed E-state index contributed by atoms with van der Waals surface area (Å²) in [7, 11) is -3.29. The quantitative estimate of drug-likeness (QED) is 0.752. The number of carbonyl (C=O) groups excluding carboxylic acids is 1. The minimum absolute atomic E-state index is 0.00294. The predicted molar refractivity (Wildman–Crippen MR) is 89.2 cm³/mol. The zero-order chi connectivity index (χ0) is 17.8. The van der Waals surface area contributed by atoms with Crippen LogP contribution in [0, 0.1) is 18.8 Å². The number of sulfonamides is 1. The number of hydrogen-bond donors (Lipinski definition) is 0. The van der Waals surface area contributed by atoms with Crippen LogP contribution in [0.4, 0.5) is 0 Å². The van der Waals surface area contributed by atoms with Crippen LogP contribution in [0.3, 0.4) is 0 Å². The maximum Gasteiger partial charge on any atom is 0.236 e. The highest BCUT2D eigenvalue weighted by Gasteiger charge is 2.59. The summed E-state index contributed by atoms with van der Waals surface area (Å²) in [5.74, 6) is 1.76. The van der Waals surface area contributed by atoms with Crippen LogP contribution in [0.1, 0.15) is 37.9 Å². The Morgan fingerprint density at radius 3 is 2.68 bits per heavy atom. The Hall–Kier alpha value is -1.48. The molecule has 4 rings (SSSR count). The van der Waals surface area contributed by atoms with Crippen LogP contribution in [-0.4, -0.2) is 65.6 Å². The van der Waals surface area contributed by atoms with Crippen molar-refractivity contribution in [3.05, 3.63) is 11.7 Å². The molecule has 1 saturated carbocycles. The summed E-state index contributed by atoms with van der Waals surface area (Å²) < 4.78 is 31.7. The molecule has 1 amide bonds. The van der Waals surface area contributed by atoms with E-state index in [2.05, 4.69) is 10.1 Å². The molecule has 2 saturated heterocycles. The van der Waals surface area contributed by atoms with E-state index >= 15 is 0 Å². The highest BCUT2D eigenvalue weighted by Crippen LogP contribution is 2.46. The summed E-state index contributed by atoms with van der Waals surface area (Å²) in [6.45, 7) is 5.13. The first kappa shape index (κ1) is 17.0. The third-order valence-corrected chi connectivity index (χ3v) is 7.60. The zero-order valence-electron chi connectivity index (χ0n) is 14.6. The molecule has 9 heteroatoms. The van der Waals surface area contributed by atoms with Gasteiger partial charge in [0.1, 0.15) is 0 Å². The second-order valence-electron chi connectivity index (χ2n) is 7.61. The van der Waals surface area contributed by atoms with Crippen LogP contribution in [0.25, 0.3) is 0 Å². The monoisotopic (exact) mass is 368 g/mol. The first-order valence-corrected chi connectivity index (χ1v) is 10.5. The van der Waals surface area contributed by atoms with Crippen LogP contribution in [-0.2, 0) is 20.2 Å². The van der Waals surface area contributed by atoms with Gasteiger partial charge in [0.15, 0.2) is 5.82 Å². The van der Waals surface area contributed by atoms with Gasteiger partial charge in [0.25, 0.3) is 0 Å². The van der Waals surface area contributed by atoms with E-state index in [9.17, 15) is 13.2 Å². The molecule has 138 valence electrons. The van der Waals surface area contributed by atoms with Crippen molar-refractivity contribution < 1.29 is 17.7 Å². The average Bonchev–Trinajstić information content (AvgIpc) is 2.98. The lowest BCUT2D eigenvalue weighted by molar-refractivity contribution is -0.130. The molecule has 25 heavy (non-hydrogen) atoms. The zero-order valence-corrected chi connectivity index (χ0v) is 15.5. The smallest absolute Gasteiger partial charge is 0.236 e. The van der Waals surface area contributed by atoms with Gasteiger partial charge in [-0.25, -0.2) is 12.7 Å². The summed E-state index contributed by atoms with van der Waals surface area (Å²) in [6, 6.07) is 0. The van der Waals surface area contributed by atoms with E-state index in [-0.39, 0.29) is 17.6 Å². The lowest BCUT2D eigenvalue weighted by Gasteiger charge is -2.25. The van der Waals surface area contributed by atoms with Gasteiger partial charge >= 0.3 is 0 Å². The maximum absolute atomic E-state index is 12.6. The molecule has 1 aromatic heterocycles. The van der Waals surface area contributed by atoms with E-state index in [1.54, 1.807) is 13.8 Å².